The number of carbonyl (C=O) groups excluding carboxylic acids is 1. The van der Waals surface area contributed by atoms with Crippen molar-refractivity contribution in [2.45, 2.75) is 18.6 Å². The predicted octanol–water partition coefficient (Wildman–Crippen LogP) is 2.49. The van der Waals surface area contributed by atoms with E-state index in [2.05, 4.69) is 5.32 Å². The zero-order valence-corrected chi connectivity index (χ0v) is 10.1. The van der Waals surface area contributed by atoms with E-state index >= 15 is 0 Å². The van der Waals surface area contributed by atoms with E-state index in [4.69, 9.17) is 0 Å². The van der Waals surface area contributed by atoms with Gasteiger partial charge in [-0.15, -0.1) is 0 Å². The van der Waals surface area contributed by atoms with Gasteiger partial charge < -0.3 is 10.2 Å². The third-order valence-corrected chi connectivity index (χ3v) is 3.04. The second kappa shape index (κ2) is 4.71. The molecule has 1 aliphatic heterocycles. The molecule has 1 aliphatic rings. The molecule has 7 heteroatoms. The molecule has 0 radical (unpaired) electrons. The molecule has 0 aromatic heterocycles. The molecule has 0 spiro atoms. The van der Waals surface area contributed by atoms with Crippen molar-refractivity contribution in [2.75, 3.05) is 18.9 Å². The van der Waals surface area contributed by atoms with Gasteiger partial charge in [-0.2, -0.15) is 13.2 Å². The lowest BCUT2D eigenvalue weighted by molar-refractivity contribution is -0.139. The topological polar surface area (TPSA) is 32.3 Å². The number of likely N-dealkylation sites (tertiary alicyclic amines) is 1. The fraction of sp³-hybridized carbons (Fsp3) is 0.417. The Morgan fingerprint density at radius 1 is 1.37 bits per heavy atom. The zero-order valence-electron chi connectivity index (χ0n) is 10.1. The summed E-state index contributed by atoms with van der Waals surface area (Å²) in [7, 11) is 1.62. The molecule has 1 saturated heterocycles. The van der Waals surface area contributed by atoms with Crippen LogP contribution in [0.3, 0.4) is 0 Å². The maximum absolute atomic E-state index is 13.1. The van der Waals surface area contributed by atoms with E-state index in [0.29, 0.717) is 19.0 Å². The van der Waals surface area contributed by atoms with Gasteiger partial charge >= 0.3 is 6.18 Å². The maximum atomic E-state index is 13.1. The molecule has 1 heterocycles. The number of alkyl halides is 3. The molecule has 0 aliphatic carbocycles. The molecule has 0 bridgehead atoms. The minimum absolute atomic E-state index is 0.0855. The summed E-state index contributed by atoms with van der Waals surface area (Å²) >= 11 is 0. The van der Waals surface area contributed by atoms with E-state index in [-0.39, 0.29) is 11.6 Å². The number of hydrogen-bond acceptors (Lipinski definition) is 2. The van der Waals surface area contributed by atoms with Gasteiger partial charge in [-0.3, -0.25) is 4.79 Å². The summed E-state index contributed by atoms with van der Waals surface area (Å²) in [5, 5.41) is 2.70. The van der Waals surface area contributed by atoms with Crippen LogP contribution >= 0.6 is 0 Å². The van der Waals surface area contributed by atoms with Crippen molar-refractivity contribution in [1.82, 2.24) is 4.90 Å². The van der Waals surface area contributed by atoms with Gasteiger partial charge in [-0.25, -0.2) is 4.39 Å². The first-order chi connectivity index (χ1) is 8.79. The third-order valence-electron chi connectivity index (χ3n) is 3.04. The number of benzene rings is 1. The number of nitrogens with zero attached hydrogens (tertiary/aromatic N) is 1. The van der Waals surface area contributed by atoms with Gasteiger partial charge in [0.25, 0.3) is 0 Å². The number of hydrogen-bond donors (Lipinski definition) is 1. The molecule has 0 saturated carbocycles. The number of amides is 1. The van der Waals surface area contributed by atoms with Crippen LogP contribution in [-0.4, -0.2) is 30.4 Å². The molecule has 2 rings (SSSR count). The molecule has 3 nitrogen and oxygen atoms in total. The van der Waals surface area contributed by atoms with E-state index < -0.39 is 23.6 Å². The minimum Gasteiger partial charge on any atom is -0.374 e. The first-order valence-corrected chi connectivity index (χ1v) is 5.67. The molecule has 104 valence electrons. The summed E-state index contributed by atoms with van der Waals surface area (Å²) in [6.45, 7) is 0.545. The zero-order chi connectivity index (χ0) is 14.2. The second-order valence-electron chi connectivity index (χ2n) is 4.44. The van der Waals surface area contributed by atoms with Crippen molar-refractivity contribution < 1.29 is 22.4 Å². The van der Waals surface area contributed by atoms with Crippen LogP contribution in [0.25, 0.3) is 0 Å². The largest absolute Gasteiger partial charge is 0.419 e. The third kappa shape index (κ3) is 2.80. The van der Waals surface area contributed by atoms with Crippen LogP contribution in [0.1, 0.15) is 12.0 Å². The summed E-state index contributed by atoms with van der Waals surface area (Å²) in [5.41, 5.74) is -1.25. The number of carbonyl (C=O) groups is 1. The molecule has 1 atom stereocenters. The van der Waals surface area contributed by atoms with Crippen LogP contribution in [0.5, 0.6) is 0 Å². The fourth-order valence-electron chi connectivity index (χ4n) is 1.99. The number of nitrogens with one attached hydrogen (secondary N) is 1. The van der Waals surface area contributed by atoms with Gasteiger partial charge in [0.05, 0.1) is 5.56 Å². The summed E-state index contributed by atoms with van der Waals surface area (Å²) in [5.74, 6) is -1.51. The van der Waals surface area contributed by atoms with Gasteiger partial charge in [0.2, 0.25) is 5.91 Å². The molecule has 1 aromatic rings. The lowest BCUT2D eigenvalue weighted by Gasteiger charge is -2.15. The SMILES string of the molecule is CN1CCC(Nc2ccc(F)c(C(F)(F)F)c2)C1=O. The van der Waals surface area contributed by atoms with Gasteiger partial charge in [0.1, 0.15) is 11.9 Å². The Kier molecular flexibility index (Phi) is 3.38. The Morgan fingerprint density at radius 2 is 2.05 bits per heavy atom. The molecule has 1 amide bonds. The van der Waals surface area contributed by atoms with E-state index in [9.17, 15) is 22.4 Å². The lowest BCUT2D eigenvalue weighted by Crippen LogP contribution is -2.31. The highest BCUT2D eigenvalue weighted by Gasteiger charge is 2.35. The quantitative estimate of drug-likeness (QED) is 0.842. The van der Waals surface area contributed by atoms with Gasteiger partial charge in [-0.1, -0.05) is 0 Å². The Bertz CT molecular complexity index is 501. The minimum atomic E-state index is -4.75. The second-order valence-corrected chi connectivity index (χ2v) is 4.44. The highest BCUT2D eigenvalue weighted by Crippen LogP contribution is 2.33. The Morgan fingerprint density at radius 3 is 2.58 bits per heavy atom. The van der Waals surface area contributed by atoms with E-state index in [1.165, 1.54) is 11.0 Å². The average molecular weight is 276 g/mol. The monoisotopic (exact) mass is 276 g/mol. The predicted molar refractivity (Wildman–Crippen MR) is 61.1 cm³/mol. The number of halogens is 4. The van der Waals surface area contributed by atoms with E-state index in [1.807, 2.05) is 0 Å². The molecule has 1 unspecified atom stereocenters. The number of likely N-dealkylation sites (N-methyl/N-ethyl adjacent to an activating group) is 1. The normalized spacial score (nSPS) is 19.9. The molecule has 1 aromatic carbocycles. The van der Waals surface area contributed by atoms with Crippen LogP contribution in [0.4, 0.5) is 23.2 Å². The fourth-order valence-corrected chi connectivity index (χ4v) is 1.99. The summed E-state index contributed by atoms with van der Waals surface area (Å²) < 4.78 is 50.7. The van der Waals surface area contributed by atoms with Crippen molar-refractivity contribution in [3.63, 3.8) is 0 Å². The highest BCUT2D eigenvalue weighted by atomic mass is 19.4. The van der Waals surface area contributed by atoms with Crippen molar-refractivity contribution in [3.8, 4) is 0 Å². The summed E-state index contributed by atoms with van der Waals surface area (Å²) in [6.07, 6.45) is -4.24. The van der Waals surface area contributed by atoms with Crippen molar-refractivity contribution in [2.24, 2.45) is 0 Å². The maximum Gasteiger partial charge on any atom is 0.419 e. The Hall–Kier alpha value is -1.79. The highest BCUT2D eigenvalue weighted by molar-refractivity contribution is 5.86. The van der Waals surface area contributed by atoms with Gasteiger partial charge in [0, 0.05) is 19.3 Å². The van der Waals surface area contributed by atoms with Crippen LogP contribution in [0.15, 0.2) is 18.2 Å². The molecule has 1 N–H and O–H groups in total. The van der Waals surface area contributed by atoms with Crippen LogP contribution in [0.2, 0.25) is 0 Å². The van der Waals surface area contributed by atoms with E-state index in [0.717, 1.165) is 6.07 Å². The lowest BCUT2D eigenvalue weighted by atomic mass is 10.1. The molecule has 19 heavy (non-hydrogen) atoms. The van der Waals surface area contributed by atoms with Crippen LogP contribution in [0, 0.1) is 5.82 Å². The Balaban J connectivity index is 2.21. The molecular weight excluding hydrogens is 264 g/mol. The van der Waals surface area contributed by atoms with Crippen molar-refractivity contribution in [1.29, 1.82) is 0 Å². The van der Waals surface area contributed by atoms with Gasteiger partial charge in [-0.05, 0) is 24.6 Å². The van der Waals surface area contributed by atoms with Gasteiger partial charge in [0.15, 0.2) is 0 Å². The van der Waals surface area contributed by atoms with Crippen LogP contribution < -0.4 is 5.32 Å². The van der Waals surface area contributed by atoms with E-state index in [1.54, 1.807) is 7.05 Å². The Labute approximate surface area is 107 Å². The smallest absolute Gasteiger partial charge is 0.374 e. The molecule has 1 fully saturated rings. The van der Waals surface area contributed by atoms with Crippen molar-refractivity contribution in [3.05, 3.63) is 29.6 Å². The van der Waals surface area contributed by atoms with Crippen LogP contribution in [-0.2, 0) is 11.0 Å². The number of anilines is 1. The standard InChI is InChI=1S/C12H12F4N2O/c1-18-5-4-10(11(18)19)17-7-2-3-9(13)8(6-7)12(14,15)16/h2-3,6,10,17H,4-5H2,1H3. The number of rotatable bonds is 2. The summed E-state index contributed by atoms with van der Waals surface area (Å²) in [6, 6.07) is 2.06. The molecular formula is C12H12F4N2O. The first-order valence-electron chi connectivity index (χ1n) is 5.67. The van der Waals surface area contributed by atoms with Crippen molar-refractivity contribution >= 4 is 11.6 Å². The summed E-state index contributed by atoms with van der Waals surface area (Å²) in [4.78, 5) is 13.1. The first kappa shape index (κ1) is 13.6. The average Bonchev–Trinajstić information content (AvgIpc) is 2.62.